The van der Waals surface area contributed by atoms with Crippen molar-refractivity contribution in [2.75, 3.05) is 13.2 Å². The van der Waals surface area contributed by atoms with Crippen LogP contribution in [0.15, 0.2) is 24.3 Å². The first kappa shape index (κ1) is 15.6. The van der Waals surface area contributed by atoms with Crippen LogP contribution in [0, 0.1) is 5.41 Å². The van der Waals surface area contributed by atoms with Gasteiger partial charge < -0.3 is 15.2 Å². The molecule has 2 rings (SSSR count). The van der Waals surface area contributed by atoms with Crippen molar-refractivity contribution in [1.29, 1.82) is 0 Å². The lowest BCUT2D eigenvalue weighted by atomic mass is 10.0. The molecule has 4 nitrogen and oxygen atoms in total. The van der Waals surface area contributed by atoms with Crippen molar-refractivity contribution in [2.24, 2.45) is 5.41 Å². The van der Waals surface area contributed by atoms with Gasteiger partial charge in [0.2, 0.25) is 0 Å². The molecular formula is C14H16F3NO3. The number of halogens is 3. The molecule has 0 saturated heterocycles. The summed E-state index contributed by atoms with van der Waals surface area (Å²) in [5, 5.41) is 11.7. The van der Waals surface area contributed by atoms with Gasteiger partial charge in [-0.2, -0.15) is 0 Å². The molecule has 0 aromatic heterocycles. The van der Waals surface area contributed by atoms with Gasteiger partial charge in [-0.15, -0.1) is 13.2 Å². The molecule has 1 saturated carbocycles. The molecule has 0 atom stereocenters. The van der Waals surface area contributed by atoms with E-state index >= 15 is 0 Å². The molecule has 1 aromatic rings. The van der Waals surface area contributed by atoms with Crippen LogP contribution in [0.5, 0.6) is 5.75 Å². The first-order valence-electron chi connectivity index (χ1n) is 6.58. The Morgan fingerprint density at radius 1 is 1.29 bits per heavy atom. The molecule has 0 spiro atoms. The molecule has 0 radical (unpaired) electrons. The van der Waals surface area contributed by atoms with Crippen molar-refractivity contribution < 1.29 is 27.8 Å². The summed E-state index contributed by atoms with van der Waals surface area (Å²) in [6.07, 6.45) is -2.17. The molecule has 0 bridgehead atoms. The van der Waals surface area contributed by atoms with E-state index in [4.69, 9.17) is 5.11 Å². The van der Waals surface area contributed by atoms with E-state index in [0.717, 1.165) is 25.0 Å². The van der Waals surface area contributed by atoms with Crippen molar-refractivity contribution in [1.82, 2.24) is 5.32 Å². The number of amides is 1. The molecule has 116 valence electrons. The molecule has 1 amide bonds. The molecule has 1 aliphatic rings. The second-order valence-corrected chi connectivity index (χ2v) is 5.23. The van der Waals surface area contributed by atoms with Gasteiger partial charge in [0, 0.05) is 18.7 Å². The summed E-state index contributed by atoms with van der Waals surface area (Å²) in [6, 6.07) is 4.76. The molecule has 0 heterocycles. The van der Waals surface area contributed by atoms with Crippen molar-refractivity contribution in [3.8, 4) is 5.75 Å². The normalized spacial score (nSPS) is 16.4. The highest BCUT2D eigenvalue weighted by Gasteiger charge is 2.41. The average Bonchev–Trinajstić information content (AvgIpc) is 3.16. The Labute approximate surface area is 119 Å². The fourth-order valence-electron chi connectivity index (χ4n) is 2.11. The molecular weight excluding hydrogens is 287 g/mol. The van der Waals surface area contributed by atoms with Crippen LogP contribution in [-0.2, 0) is 0 Å². The average molecular weight is 303 g/mol. The highest BCUT2D eigenvalue weighted by Crippen LogP contribution is 2.47. The van der Waals surface area contributed by atoms with Crippen LogP contribution in [0.3, 0.4) is 0 Å². The number of carbonyl (C=O) groups excluding carboxylic acids is 1. The summed E-state index contributed by atoms with van der Waals surface area (Å²) in [5.74, 6) is -0.712. The van der Waals surface area contributed by atoms with Crippen LogP contribution in [0.25, 0.3) is 0 Å². The zero-order valence-electron chi connectivity index (χ0n) is 11.2. The lowest BCUT2D eigenvalue weighted by Crippen LogP contribution is -2.30. The molecule has 1 fully saturated rings. The van der Waals surface area contributed by atoms with Crippen LogP contribution in [-0.4, -0.2) is 30.5 Å². The van der Waals surface area contributed by atoms with Crippen LogP contribution >= 0.6 is 0 Å². The van der Waals surface area contributed by atoms with E-state index in [1.165, 1.54) is 12.1 Å². The SMILES string of the molecule is O=C(NCC1(CCO)CC1)c1ccc(OC(F)(F)F)cc1. The second-order valence-electron chi connectivity index (χ2n) is 5.23. The number of aliphatic hydroxyl groups excluding tert-OH is 1. The van der Waals surface area contributed by atoms with E-state index in [-0.39, 0.29) is 29.2 Å². The molecule has 1 aromatic carbocycles. The molecule has 0 unspecified atom stereocenters. The smallest absolute Gasteiger partial charge is 0.406 e. The number of rotatable bonds is 6. The Hall–Kier alpha value is -1.76. The maximum absolute atomic E-state index is 12.0. The maximum atomic E-state index is 12.0. The van der Waals surface area contributed by atoms with Crippen LogP contribution in [0.1, 0.15) is 29.6 Å². The Morgan fingerprint density at radius 3 is 2.38 bits per heavy atom. The van der Waals surface area contributed by atoms with Crippen LogP contribution < -0.4 is 10.1 Å². The number of nitrogens with one attached hydrogen (secondary N) is 1. The van der Waals surface area contributed by atoms with Crippen LogP contribution in [0.2, 0.25) is 0 Å². The third-order valence-electron chi connectivity index (χ3n) is 3.57. The van der Waals surface area contributed by atoms with Gasteiger partial charge in [-0.25, -0.2) is 0 Å². The van der Waals surface area contributed by atoms with E-state index < -0.39 is 6.36 Å². The first-order valence-corrected chi connectivity index (χ1v) is 6.58. The number of carbonyl (C=O) groups is 1. The van der Waals surface area contributed by atoms with Gasteiger partial charge in [0.15, 0.2) is 0 Å². The van der Waals surface area contributed by atoms with Gasteiger partial charge in [-0.3, -0.25) is 4.79 Å². The van der Waals surface area contributed by atoms with Gasteiger partial charge in [-0.1, -0.05) is 0 Å². The lowest BCUT2D eigenvalue weighted by molar-refractivity contribution is -0.274. The highest BCUT2D eigenvalue weighted by molar-refractivity contribution is 5.94. The predicted molar refractivity (Wildman–Crippen MR) is 68.8 cm³/mol. The van der Waals surface area contributed by atoms with Gasteiger partial charge in [-0.05, 0) is 48.9 Å². The minimum Gasteiger partial charge on any atom is -0.406 e. The van der Waals surface area contributed by atoms with Crippen molar-refractivity contribution in [3.05, 3.63) is 29.8 Å². The summed E-state index contributed by atoms with van der Waals surface area (Å²) in [6.45, 7) is 0.548. The number of hydrogen-bond acceptors (Lipinski definition) is 3. The quantitative estimate of drug-likeness (QED) is 0.849. The van der Waals surface area contributed by atoms with E-state index in [0.29, 0.717) is 13.0 Å². The largest absolute Gasteiger partial charge is 0.573 e. The Morgan fingerprint density at radius 2 is 1.90 bits per heavy atom. The fourth-order valence-corrected chi connectivity index (χ4v) is 2.11. The first-order chi connectivity index (χ1) is 9.84. The summed E-state index contributed by atoms with van der Waals surface area (Å²) < 4.78 is 39.8. The predicted octanol–water partition coefficient (Wildman–Crippen LogP) is 2.48. The molecule has 21 heavy (non-hydrogen) atoms. The van der Waals surface area contributed by atoms with Crippen molar-refractivity contribution in [3.63, 3.8) is 0 Å². The standard InChI is InChI=1S/C14H16F3NO3/c15-14(16,17)21-11-3-1-10(2-4-11)12(20)18-9-13(5-6-13)7-8-19/h1-4,19H,5-9H2,(H,18,20). The number of hydrogen-bond donors (Lipinski definition) is 2. The van der Waals surface area contributed by atoms with Gasteiger partial charge in [0.05, 0.1) is 0 Å². The number of alkyl halides is 3. The highest BCUT2D eigenvalue weighted by atomic mass is 19.4. The summed E-state index contributed by atoms with van der Waals surface area (Å²) >= 11 is 0. The third-order valence-corrected chi connectivity index (χ3v) is 3.57. The maximum Gasteiger partial charge on any atom is 0.573 e. The molecule has 0 aliphatic heterocycles. The summed E-state index contributed by atoms with van der Waals surface area (Å²) in [5.41, 5.74) is 0.258. The monoisotopic (exact) mass is 303 g/mol. The van der Waals surface area contributed by atoms with Gasteiger partial charge in [0.25, 0.3) is 5.91 Å². The van der Waals surface area contributed by atoms with Gasteiger partial charge >= 0.3 is 6.36 Å². The minimum absolute atomic E-state index is 0.0102. The Bertz CT molecular complexity index is 495. The van der Waals surface area contributed by atoms with E-state index in [2.05, 4.69) is 10.1 Å². The Kier molecular flexibility index (Phi) is 4.41. The summed E-state index contributed by atoms with van der Waals surface area (Å²) in [7, 11) is 0. The number of aliphatic hydroxyl groups is 1. The fraction of sp³-hybridized carbons (Fsp3) is 0.500. The van der Waals surface area contributed by atoms with Crippen molar-refractivity contribution in [2.45, 2.75) is 25.6 Å². The van der Waals surface area contributed by atoms with Crippen molar-refractivity contribution >= 4 is 5.91 Å². The summed E-state index contributed by atoms with van der Waals surface area (Å²) in [4.78, 5) is 11.9. The minimum atomic E-state index is -4.74. The molecule has 1 aliphatic carbocycles. The number of ether oxygens (including phenoxy) is 1. The van der Waals surface area contributed by atoms with E-state index in [9.17, 15) is 18.0 Å². The third kappa shape index (κ3) is 4.63. The zero-order chi connectivity index (χ0) is 15.5. The van der Waals surface area contributed by atoms with E-state index in [1.54, 1.807) is 0 Å². The lowest BCUT2D eigenvalue weighted by Gasteiger charge is -2.14. The van der Waals surface area contributed by atoms with E-state index in [1.807, 2.05) is 0 Å². The second kappa shape index (κ2) is 5.93. The molecule has 7 heteroatoms. The Balaban J connectivity index is 1.88. The molecule has 2 N–H and O–H groups in total. The topological polar surface area (TPSA) is 58.6 Å². The number of benzene rings is 1. The van der Waals surface area contributed by atoms with Crippen LogP contribution in [0.4, 0.5) is 13.2 Å². The zero-order valence-corrected chi connectivity index (χ0v) is 11.2. The van der Waals surface area contributed by atoms with Gasteiger partial charge in [0.1, 0.15) is 5.75 Å².